The Labute approximate surface area is 111 Å². The molecule has 0 saturated carbocycles. The quantitative estimate of drug-likeness (QED) is 0.377. The summed E-state index contributed by atoms with van der Waals surface area (Å²) in [5, 5.41) is 8.54. The lowest BCUT2D eigenvalue weighted by molar-refractivity contribution is -0.135. The number of carboxylic acid groups (broad SMARTS) is 1. The number of aliphatic imine (C=N–C) groups is 1. The smallest absolute Gasteiger partial charge is 0.317 e. The Morgan fingerprint density at radius 2 is 2.35 bits per heavy atom. The highest BCUT2D eigenvalue weighted by Gasteiger charge is 2.14. The van der Waals surface area contributed by atoms with E-state index in [9.17, 15) is 4.79 Å². The number of thioether (sulfide) groups is 2. The number of aliphatic carboxylic acids is 1. The molecule has 0 aromatic heterocycles. The zero-order valence-corrected chi connectivity index (χ0v) is 11.7. The van der Waals surface area contributed by atoms with E-state index in [1.54, 1.807) is 30.1 Å². The predicted molar refractivity (Wildman–Crippen MR) is 79.3 cm³/mol. The van der Waals surface area contributed by atoms with Gasteiger partial charge in [0, 0.05) is 18.2 Å². The van der Waals surface area contributed by atoms with Crippen LogP contribution in [-0.4, -0.2) is 40.3 Å². The molecule has 1 atom stereocenters. The highest BCUT2D eigenvalue weighted by molar-refractivity contribution is 8.03. The molecule has 1 unspecified atom stereocenters. The zero-order chi connectivity index (χ0) is 12.9. The summed E-state index contributed by atoms with van der Waals surface area (Å²) in [6.45, 7) is 3.54. The molecule has 0 heterocycles. The minimum atomic E-state index is -0.721. The normalized spacial score (nSPS) is 13.2. The first-order chi connectivity index (χ1) is 8.22. The lowest BCUT2D eigenvalue weighted by Gasteiger charge is -2.07. The summed E-state index contributed by atoms with van der Waals surface area (Å²) in [4.78, 5) is 14.8. The molecule has 0 rings (SSSR count). The Morgan fingerprint density at radius 1 is 1.59 bits per heavy atom. The fourth-order valence-corrected chi connectivity index (χ4v) is 2.88. The fraction of sp³-hybridized carbons (Fsp3) is 0.500. The van der Waals surface area contributed by atoms with Gasteiger partial charge in [-0.05, 0) is 30.9 Å². The molecule has 0 fully saturated rings. The first-order valence-electron chi connectivity index (χ1n) is 5.35. The first-order valence-corrected chi connectivity index (χ1v) is 7.79. The van der Waals surface area contributed by atoms with Crippen molar-refractivity contribution in [2.75, 3.05) is 17.8 Å². The number of nitrogens with zero attached hydrogens (tertiary/aromatic N) is 1. The van der Waals surface area contributed by atoms with E-state index in [1.165, 1.54) is 11.8 Å². The molecule has 3 nitrogen and oxygen atoms in total. The van der Waals surface area contributed by atoms with Gasteiger partial charge in [0.15, 0.2) is 0 Å². The maximum Gasteiger partial charge on any atom is 0.317 e. The number of carbonyl (C=O) groups is 1. The number of hydrogen-bond donors (Lipinski definition) is 1. The molecule has 0 aliphatic carbocycles. The summed E-state index contributed by atoms with van der Waals surface area (Å²) in [7, 11) is 0. The van der Waals surface area contributed by atoms with Crippen molar-refractivity contribution < 1.29 is 9.90 Å². The van der Waals surface area contributed by atoms with Crippen LogP contribution in [0.15, 0.2) is 29.9 Å². The van der Waals surface area contributed by atoms with Crippen LogP contribution in [0.4, 0.5) is 0 Å². The third-order valence-electron chi connectivity index (χ3n) is 1.86. The molecule has 0 saturated heterocycles. The maximum absolute atomic E-state index is 10.7. The van der Waals surface area contributed by atoms with Crippen molar-refractivity contribution in [3.05, 3.63) is 24.9 Å². The molecule has 1 N–H and O–H groups in total. The molecule has 0 aromatic carbocycles. The highest BCUT2D eigenvalue weighted by atomic mass is 32.2. The second kappa shape index (κ2) is 11.8. The SMILES string of the molecule is C=C/C=C\N=CCCCSCC(SC)C(=O)O. The monoisotopic (exact) mass is 273 g/mol. The van der Waals surface area contributed by atoms with E-state index in [2.05, 4.69) is 11.6 Å². The third-order valence-corrected chi connectivity index (χ3v) is 4.16. The lowest BCUT2D eigenvalue weighted by Crippen LogP contribution is -2.18. The standard InChI is InChI=1S/C12H19NO2S2/c1-3-4-7-13-8-5-6-9-17-10-11(16-2)12(14)15/h3-4,7-8,11H,1,5-6,9-10H2,2H3,(H,14,15)/b7-4-,13-8?. The number of hydrogen-bond acceptors (Lipinski definition) is 4. The van der Waals surface area contributed by atoms with Crippen molar-refractivity contribution in [2.24, 2.45) is 4.99 Å². The average Bonchev–Trinajstić information content (AvgIpc) is 2.31. The van der Waals surface area contributed by atoms with Gasteiger partial charge >= 0.3 is 5.97 Å². The predicted octanol–water partition coefficient (Wildman–Crippen LogP) is 3.09. The van der Waals surface area contributed by atoms with Gasteiger partial charge in [0.25, 0.3) is 0 Å². The maximum atomic E-state index is 10.7. The van der Waals surface area contributed by atoms with E-state index >= 15 is 0 Å². The summed E-state index contributed by atoms with van der Waals surface area (Å²) >= 11 is 3.08. The zero-order valence-electron chi connectivity index (χ0n) is 10.0. The Kier molecular flexibility index (Phi) is 11.3. The summed E-state index contributed by atoms with van der Waals surface area (Å²) in [6, 6.07) is 0. The second-order valence-electron chi connectivity index (χ2n) is 3.19. The van der Waals surface area contributed by atoms with Crippen LogP contribution >= 0.6 is 23.5 Å². The molecule has 0 bridgehead atoms. The van der Waals surface area contributed by atoms with E-state index in [1.807, 2.05) is 12.5 Å². The summed E-state index contributed by atoms with van der Waals surface area (Å²) in [5.74, 6) is 0.923. The van der Waals surface area contributed by atoms with Crippen LogP contribution < -0.4 is 0 Å². The van der Waals surface area contributed by atoms with E-state index in [0.717, 1.165) is 18.6 Å². The van der Waals surface area contributed by atoms with E-state index in [-0.39, 0.29) is 5.25 Å². The third kappa shape index (κ3) is 10.2. The minimum absolute atomic E-state index is 0.288. The van der Waals surface area contributed by atoms with E-state index in [0.29, 0.717) is 5.75 Å². The molecule has 17 heavy (non-hydrogen) atoms. The molecule has 0 aliphatic rings. The molecule has 5 heteroatoms. The van der Waals surface area contributed by atoms with Gasteiger partial charge in [-0.3, -0.25) is 9.79 Å². The van der Waals surface area contributed by atoms with Gasteiger partial charge in [0.05, 0.1) is 0 Å². The van der Waals surface area contributed by atoms with Crippen molar-refractivity contribution in [3.63, 3.8) is 0 Å². The van der Waals surface area contributed by atoms with Gasteiger partial charge in [-0.2, -0.15) is 11.8 Å². The highest BCUT2D eigenvalue weighted by Crippen LogP contribution is 2.15. The number of unbranched alkanes of at least 4 members (excludes halogenated alkanes) is 1. The van der Waals surface area contributed by atoms with Crippen LogP contribution in [0.5, 0.6) is 0 Å². The van der Waals surface area contributed by atoms with Crippen LogP contribution in [0, 0.1) is 0 Å². The number of allylic oxidation sites excluding steroid dienone is 2. The molecule has 0 radical (unpaired) electrons. The second-order valence-corrected chi connectivity index (χ2v) is 5.38. The molecule has 0 spiro atoms. The molecule has 96 valence electrons. The summed E-state index contributed by atoms with van der Waals surface area (Å²) in [6.07, 6.45) is 10.8. The van der Waals surface area contributed by atoms with Crippen molar-refractivity contribution in [1.82, 2.24) is 0 Å². The minimum Gasteiger partial charge on any atom is -0.480 e. The van der Waals surface area contributed by atoms with Crippen LogP contribution in [0.1, 0.15) is 12.8 Å². The van der Waals surface area contributed by atoms with Gasteiger partial charge in [-0.25, -0.2) is 0 Å². The molecular weight excluding hydrogens is 254 g/mol. The molecular formula is C12H19NO2S2. The fourth-order valence-electron chi connectivity index (χ4n) is 0.953. The summed E-state index contributed by atoms with van der Waals surface area (Å²) < 4.78 is 0. The Morgan fingerprint density at radius 3 is 2.94 bits per heavy atom. The largest absolute Gasteiger partial charge is 0.480 e. The van der Waals surface area contributed by atoms with Gasteiger partial charge in [0.1, 0.15) is 5.25 Å². The molecule has 0 aromatic rings. The Hall–Kier alpha value is -0.680. The van der Waals surface area contributed by atoms with E-state index in [4.69, 9.17) is 5.11 Å². The number of rotatable bonds is 10. The van der Waals surface area contributed by atoms with Crippen molar-refractivity contribution >= 4 is 35.7 Å². The van der Waals surface area contributed by atoms with Crippen molar-refractivity contribution in [3.8, 4) is 0 Å². The van der Waals surface area contributed by atoms with Gasteiger partial charge in [-0.1, -0.05) is 12.7 Å². The van der Waals surface area contributed by atoms with E-state index < -0.39 is 5.97 Å². The van der Waals surface area contributed by atoms with Crippen LogP contribution in [0.2, 0.25) is 0 Å². The number of carboxylic acids is 1. The van der Waals surface area contributed by atoms with Gasteiger partial charge in [0.2, 0.25) is 0 Å². The van der Waals surface area contributed by atoms with Crippen molar-refractivity contribution in [2.45, 2.75) is 18.1 Å². The van der Waals surface area contributed by atoms with Crippen LogP contribution in [0.25, 0.3) is 0 Å². The molecule has 0 amide bonds. The topological polar surface area (TPSA) is 49.7 Å². The van der Waals surface area contributed by atoms with Crippen molar-refractivity contribution in [1.29, 1.82) is 0 Å². The first kappa shape index (κ1) is 16.3. The summed E-state index contributed by atoms with van der Waals surface area (Å²) in [5.41, 5.74) is 0. The average molecular weight is 273 g/mol. The van der Waals surface area contributed by atoms with Crippen LogP contribution in [-0.2, 0) is 4.79 Å². The Balaban J connectivity index is 3.46. The van der Waals surface area contributed by atoms with Gasteiger partial charge < -0.3 is 5.11 Å². The lowest BCUT2D eigenvalue weighted by atomic mass is 10.4. The van der Waals surface area contributed by atoms with Gasteiger partial charge in [-0.15, -0.1) is 11.8 Å². The van der Waals surface area contributed by atoms with Crippen LogP contribution in [0.3, 0.4) is 0 Å². The molecule has 0 aliphatic heterocycles. The Bertz CT molecular complexity index is 278.